The summed E-state index contributed by atoms with van der Waals surface area (Å²) in [5.41, 5.74) is 33.1. The van der Waals surface area contributed by atoms with Crippen LogP contribution in [0.25, 0.3) is 0 Å². The molecule has 0 bridgehead atoms. The van der Waals surface area contributed by atoms with Crippen LogP contribution in [-0.2, 0) is 73.6 Å². The highest BCUT2D eigenvalue weighted by atomic mass is 16.3. The van der Waals surface area contributed by atoms with E-state index in [0.29, 0.717) is 135 Å². The van der Waals surface area contributed by atoms with Crippen molar-refractivity contribution in [1.29, 1.82) is 0 Å². The van der Waals surface area contributed by atoms with Gasteiger partial charge in [0, 0.05) is 105 Å². The summed E-state index contributed by atoms with van der Waals surface area (Å²) in [6.07, 6.45) is 14.4. The summed E-state index contributed by atoms with van der Waals surface area (Å²) < 4.78 is 0. The largest absolute Gasteiger partial charge is 0.508 e. The molecule has 107 heavy (non-hydrogen) atoms. The molecule has 0 unspecified atom stereocenters. The fourth-order valence-corrected chi connectivity index (χ4v) is 15.5. The second-order valence-corrected chi connectivity index (χ2v) is 30.1. The molecule has 3 saturated carbocycles. The Kier molecular flexibility index (Phi) is 37.6. The number of phenolic OH excluding ortho intramolecular Hbond substituents is 1. The van der Waals surface area contributed by atoms with Crippen LogP contribution in [0.2, 0.25) is 0 Å². The standard InChI is InChI=1S/C82H122N14O11/c83-41-19-16-28-60(49-73(87)98)88-75(100)52-63(45-55-22-4-1-5-23-55)91-81(106)68-32-11-14-35-71(68)95-78(103)51-62(30-18-21-43-85)90-77(102)54-65(47-57-26-8-3-9-27-57)93-82(107)69-33-12-15-36-72(69)96-79(104)50-61(29-17-20-42-84)89-76(101)53-64(46-56-24-6-2-7-25-56)92-80(105)67-31-10-13-34-70(67)94-74(99)48-59(86)44-58-37-39-66(97)40-38-58/h1-9,22-27,37-40,59-65,67-72,97H,10-21,28-36,41-54,83-86H2,(H2,87,98)(H,88,100)(H,89,101)(H,90,102)(H,91,106)(H,92,105)(H,93,107)(H,94,99)(H,95,103)(H,96,104)/t59-,60-,61-,62-,63-,64-,65-,67-,68-,69-,70-,71-,72-/m0/s1. The van der Waals surface area contributed by atoms with Gasteiger partial charge in [0.15, 0.2) is 0 Å². The Morgan fingerprint density at radius 2 is 0.626 bits per heavy atom. The topological polar surface area (TPSA) is 429 Å². The first-order valence-corrected chi connectivity index (χ1v) is 39.4. The van der Waals surface area contributed by atoms with E-state index >= 15 is 0 Å². The van der Waals surface area contributed by atoms with Crippen LogP contribution in [0.1, 0.15) is 202 Å². The second kappa shape index (κ2) is 47.1. The second-order valence-electron chi connectivity index (χ2n) is 30.1. The Balaban J connectivity index is 0.962. The molecule has 3 fully saturated rings. The van der Waals surface area contributed by atoms with Gasteiger partial charge in [-0.25, -0.2) is 0 Å². The Labute approximate surface area is 632 Å². The first-order valence-electron chi connectivity index (χ1n) is 39.4. The lowest BCUT2D eigenvalue weighted by atomic mass is 9.83. The number of hydrogen-bond donors (Lipinski definition) is 15. The van der Waals surface area contributed by atoms with Crippen LogP contribution in [0.5, 0.6) is 5.75 Å². The Bertz CT molecular complexity index is 3390. The van der Waals surface area contributed by atoms with E-state index in [2.05, 4.69) is 47.9 Å². The molecule has 10 amide bonds. The minimum Gasteiger partial charge on any atom is -0.508 e. The van der Waals surface area contributed by atoms with E-state index < -0.39 is 84.1 Å². The van der Waals surface area contributed by atoms with Gasteiger partial charge in [0.05, 0.1) is 17.8 Å². The van der Waals surface area contributed by atoms with Crippen LogP contribution in [0, 0.1) is 17.8 Å². The lowest BCUT2D eigenvalue weighted by Crippen LogP contribution is -2.53. The van der Waals surface area contributed by atoms with Crippen LogP contribution in [-0.4, -0.2) is 144 Å². The molecule has 3 aliphatic rings. The molecule has 7 rings (SSSR count). The third-order valence-electron chi connectivity index (χ3n) is 21.0. The summed E-state index contributed by atoms with van der Waals surface area (Å²) in [7, 11) is 0. The zero-order valence-corrected chi connectivity index (χ0v) is 62.6. The molecule has 4 aromatic rings. The molecule has 4 aromatic carbocycles. The molecule has 0 aromatic heterocycles. The predicted octanol–water partition coefficient (Wildman–Crippen LogP) is 5.53. The highest BCUT2D eigenvalue weighted by Gasteiger charge is 2.38. The van der Waals surface area contributed by atoms with Crippen LogP contribution in [0.4, 0.5) is 0 Å². The Morgan fingerprint density at radius 3 is 0.944 bits per heavy atom. The first-order chi connectivity index (χ1) is 51.7. The quantitative estimate of drug-likeness (QED) is 0.0242. The molecule has 25 heteroatoms. The number of primary amides is 1. The van der Waals surface area contributed by atoms with Gasteiger partial charge in [-0.1, -0.05) is 161 Å². The third-order valence-corrected chi connectivity index (χ3v) is 21.0. The Hall–Kier alpha value is -8.78. The number of amides is 10. The van der Waals surface area contributed by atoms with E-state index in [9.17, 15) is 53.1 Å². The minimum absolute atomic E-state index is 0.0251. The molecular formula is C82H122N14O11. The number of hydrogen-bond acceptors (Lipinski definition) is 15. The van der Waals surface area contributed by atoms with Gasteiger partial charge in [-0.05, 0) is 157 Å². The average molecular weight is 1480 g/mol. The Morgan fingerprint density at radius 1 is 0.336 bits per heavy atom. The summed E-state index contributed by atoms with van der Waals surface area (Å²) in [4.78, 5) is 140. The van der Waals surface area contributed by atoms with E-state index in [1.807, 2.05) is 91.0 Å². The van der Waals surface area contributed by atoms with Crippen molar-refractivity contribution < 1.29 is 53.1 Å². The monoisotopic (exact) mass is 1480 g/mol. The molecule has 0 heterocycles. The van der Waals surface area contributed by atoms with Gasteiger partial charge in [-0.15, -0.1) is 0 Å². The summed E-state index contributed by atoms with van der Waals surface area (Å²) >= 11 is 0. The van der Waals surface area contributed by atoms with E-state index in [-0.39, 0.29) is 104 Å². The SMILES string of the molecule is NCCCC[C@@H](CC(N)=O)NC(=O)C[C@H](Cc1ccccc1)NC(=O)[C@H]1CCCC[C@@H]1NC(=O)C[C@H](CCCCN)NC(=O)C[C@H](Cc1ccccc1)NC(=O)[C@H]1CCCC[C@@H]1NC(=O)C[C@H](CCCCN)NC(=O)C[C@H](Cc1ccccc1)NC(=O)[C@H]1CCCC[C@@H]1NC(=O)C[C@@H](N)Cc1ccc(O)cc1. The zero-order chi connectivity index (χ0) is 76.7. The molecule has 0 spiro atoms. The highest BCUT2D eigenvalue weighted by molar-refractivity contribution is 5.87. The maximum absolute atomic E-state index is 14.7. The van der Waals surface area contributed by atoms with Gasteiger partial charge in [0.25, 0.3) is 0 Å². The van der Waals surface area contributed by atoms with Crippen LogP contribution in [0.3, 0.4) is 0 Å². The lowest BCUT2D eigenvalue weighted by molar-refractivity contribution is -0.131. The number of nitrogens with one attached hydrogen (secondary N) is 9. The van der Waals surface area contributed by atoms with Crippen molar-refractivity contribution in [3.05, 3.63) is 138 Å². The van der Waals surface area contributed by atoms with Crippen LogP contribution in [0.15, 0.2) is 115 Å². The van der Waals surface area contributed by atoms with Gasteiger partial charge in [-0.3, -0.25) is 47.9 Å². The maximum atomic E-state index is 14.7. The van der Waals surface area contributed by atoms with E-state index in [1.165, 1.54) is 0 Å². The summed E-state index contributed by atoms with van der Waals surface area (Å²) in [5, 5.41) is 37.9. The predicted molar refractivity (Wildman–Crippen MR) is 414 cm³/mol. The molecule has 0 saturated heterocycles. The molecule has 20 N–H and O–H groups in total. The number of carbonyl (C=O) groups is 10. The van der Waals surface area contributed by atoms with Crippen molar-refractivity contribution in [3.63, 3.8) is 0 Å². The lowest BCUT2D eigenvalue weighted by Gasteiger charge is -2.33. The van der Waals surface area contributed by atoms with Crippen molar-refractivity contribution in [2.75, 3.05) is 19.6 Å². The highest BCUT2D eigenvalue weighted by Crippen LogP contribution is 2.29. The average Bonchev–Trinajstić information content (AvgIpc) is 0.851. The minimum atomic E-state index is -0.682. The molecule has 0 radical (unpaired) electrons. The van der Waals surface area contributed by atoms with E-state index in [1.54, 1.807) is 24.3 Å². The van der Waals surface area contributed by atoms with Gasteiger partial charge >= 0.3 is 0 Å². The fraction of sp³-hybridized carbons (Fsp3) is 0.585. The van der Waals surface area contributed by atoms with E-state index in [4.69, 9.17) is 28.7 Å². The van der Waals surface area contributed by atoms with Gasteiger partial charge in [-0.2, -0.15) is 0 Å². The summed E-state index contributed by atoms with van der Waals surface area (Å²) in [6, 6.07) is 29.7. The van der Waals surface area contributed by atoms with Crippen LogP contribution < -0.4 is 76.5 Å². The smallest absolute Gasteiger partial charge is 0.225 e. The third kappa shape index (κ3) is 32.3. The maximum Gasteiger partial charge on any atom is 0.225 e. The van der Waals surface area contributed by atoms with Gasteiger partial charge in [0.2, 0.25) is 59.1 Å². The molecular weight excluding hydrogens is 1360 g/mol. The van der Waals surface area contributed by atoms with Crippen LogP contribution >= 0.6 is 0 Å². The zero-order valence-electron chi connectivity index (χ0n) is 62.6. The van der Waals surface area contributed by atoms with Gasteiger partial charge in [0.1, 0.15) is 5.75 Å². The van der Waals surface area contributed by atoms with Crippen molar-refractivity contribution in [2.45, 2.75) is 266 Å². The number of carbonyl (C=O) groups excluding carboxylic acids is 10. The first kappa shape index (κ1) is 85.5. The van der Waals surface area contributed by atoms with E-state index in [0.717, 1.165) is 67.2 Å². The number of nitrogens with two attached hydrogens (primary N) is 5. The number of unbranched alkanes of at least 4 members (excludes halogenated alkanes) is 3. The van der Waals surface area contributed by atoms with Gasteiger partial charge < -0.3 is 81.6 Å². The molecule has 13 atom stereocenters. The number of phenols is 1. The number of benzene rings is 4. The number of aromatic hydroxyl groups is 1. The van der Waals surface area contributed by atoms with Crippen molar-refractivity contribution in [1.82, 2.24) is 47.9 Å². The van der Waals surface area contributed by atoms with Crippen molar-refractivity contribution >= 4 is 59.1 Å². The molecule has 25 nitrogen and oxygen atoms in total. The normalized spacial score (nSPS) is 19.8. The summed E-state index contributed by atoms with van der Waals surface area (Å²) in [6.45, 7) is 1.31. The number of rotatable bonds is 46. The molecule has 586 valence electrons. The summed E-state index contributed by atoms with van der Waals surface area (Å²) in [5.74, 6) is -5.01. The fourth-order valence-electron chi connectivity index (χ4n) is 15.5. The van der Waals surface area contributed by atoms with Crippen molar-refractivity contribution in [2.24, 2.45) is 46.4 Å². The molecule has 3 aliphatic carbocycles. The molecule has 0 aliphatic heterocycles. The van der Waals surface area contributed by atoms with Crippen molar-refractivity contribution in [3.8, 4) is 5.75 Å².